The summed E-state index contributed by atoms with van der Waals surface area (Å²) >= 11 is 1.80. The van der Waals surface area contributed by atoms with Crippen molar-refractivity contribution in [1.29, 1.82) is 0 Å². The lowest BCUT2D eigenvalue weighted by Crippen LogP contribution is -2.52. The number of nitrogens with zero attached hydrogens (tertiary/aromatic N) is 3. The number of halogens is 1. The van der Waals surface area contributed by atoms with Crippen molar-refractivity contribution in [1.82, 2.24) is 10.2 Å². The Morgan fingerprint density at radius 3 is 2.48 bits per heavy atom. The zero-order chi connectivity index (χ0) is 16.8. The summed E-state index contributed by atoms with van der Waals surface area (Å²) in [7, 11) is 0. The molecule has 1 fully saturated rings. The second kappa shape index (κ2) is 9.86. The zero-order valence-corrected chi connectivity index (χ0v) is 17.5. The first kappa shape index (κ1) is 19.8. The van der Waals surface area contributed by atoms with Gasteiger partial charge < -0.3 is 20.2 Å². The largest absolute Gasteiger partial charge is 0.508 e. The SMILES string of the molecule is CCNC(=NCc1ccc(O)cc1)N1CCN(c2cccs2)CC1.I. The predicted octanol–water partition coefficient (Wildman–Crippen LogP) is 3.36. The molecule has 1 aliphatic heterocycles. The van der Waals surface area contributed by atoms with Crippen LogP contribution in [0.15, 0.2) is 46.8 Å². The molecule has 2 aromatic rings. The molecule has 0 radical (unpaired) electrons. The van der Waals surface area contributed by atoms with Crippen LogP contribution in [0.3, 0.4) is 0 Å². The van der Waals surface area contributed by atoms with Gasteiger partial charge in [0.2, 0.25) is 0 Å². The summed E-state index contributed by atoms with van der Waals surface area (Å²) in [5.74, 6) is 1.26. The van der Waals surface area contributed by atoms with Crippen LogP contribution < -0.4 is 10.2 Å². The van der Waals surface area contributed by atoms with E-state index in [1.54, 1.807) is 23.5 Å². The number of aromatic hydroxyl groups is 1. The molecule has 0 spiro atoms. The van der Waals surface area contributed by atoms with Gasteiger partial charge in [-0.3, -0.25) is 0 Å². The van der Waals surface area contributed by atoms with Gasteiger partial charge in [0.05, 0.1) is 11.5 Å². The van der Waals surface area contributed by atoms with Crippen molar-refractivity contribution < 1.29 is 5.11 Å². The van der Waals surface area contributed by atoms with Gasteiger partial charge in [0.15, 0.2) is 5.96 Å². The summed E-state index contributed by atoms with van der Waals surface area (Å²) in [5, 5.41) is 16.2. The molecule has 136 valence electrons. The highest BCUT2D eigenvalue weighted by Crippen LogP contribution is 2.22. The quantitative estimate of drug-likeness (QED) is 0.407. The fraction of sp³-hybridized carbons (Fsp3) is 0.389. The van der Waals surface area contributed by atoms with Crippen LogP contribution in [0.2, 0.25) is 0 Å². The Labute approximate surface area is 170 Å². The minimum Gasteiger partial charge on any atom is -0.508 e. The second-order valence-corrected chi connectivity index (χ2v) is 6.69. The highest BCUT2D eigenvalue weighted by atomic mass is 127. The van der Waals surface area contributed by atoms with Gasteiger partial charge >= 0.3 is 0 Å². The van der Waals surface area contributed by atoms with E-state index < -0.39 is 0 Å². The van der Waals surface area contributed by atoms with Gasteiger partial charge in [-0.2, -0.15) is 0 Å². The molecule has 2 heterocycles. The van der Waals surface area contributed by atoms with E-state index in [4.69, 9.17) is 4.99 Å². The molecule has 0 bridgehead atoms. The van der Waals surface area contributed by atoms with Crippen LogP contribution in [0, 0.1) is 0 Å². The minimum absolute atomic E-state index is 0. The predicted molar refractivity (Wildman–Crippen MR) is 116 cm³/mol. The lowest BCUT2D eigenvalue weighted by molar-refractivity contribution is 0.373. The van der Waals surface area contributed by atoms with Crippen molar-refractivity contribution in [3.8, 4) is 5.75 Å². The number of piperazine rings is 1. The van der Waals surface area contributed by atoms with Crippen molar-refractivity contribution in [2.24, 2.45) is 4.99 Å². The summed E-state index contributed by atoms with van der Waals surface area (Å²) in [5.41, 5.74) is 1.10. The summed E-state index contributed by atoms with van der Waals surface area (Å²) in [6.07, 6.45) is 0. The molecular weight excluding hydrogens is 447 g/mol. The molecular formula is C18H25IN4OS. The first-order valence-electron chi connectivity index (χ1n) is 8.36. The standard InChI is InChI=1S/C18H24N4OS.HI/c1-2-19-18(20-14-15-5-7-16(23)8-6-15)22-11-9-21(10-12-22)17-4-3-13-24-17;/h3-8,13,23H,2,9-12,14H2,1H3,(H,19,20);1H. The molecule has 1 aliphatic rings. The summed E-state index contributed by atoms with van der Waals surface area (Å²) in [6, 6.07) is 11.5. The van der Waals surface area contributed by atoms with Crippen molar-refractivity contribution in [2.45, 2.75) is 13.5 Å². The molecule has 25 heavy (non-hydrogen) atoms. The van der Waals surface area contributed by atoms with E-state index in [2.05, 4.69) is 39.6 Å². The van der Waals surface area contributed by atoms with Crippen molar-refractivity contribution in [3.63, 3.8) is 0 Å². The maximum atomic E-state index is 9.37. The van der Waals surface area contributed by atoms with Crippen LogP contribution in [0.4, 0.5) is 5.00 Å². The first-order valence-corrected chi connectivity index (χ1v) is 9.24. The molecule has 0 saturated carbocycles. The van der Waals surface area contributed by atoms with E-state index >= 15 is 0 Å². The Balaban J connectivity index is 0.00000225. The van der Waals surface area contributed by atoms with E-state index in [0.717, 1.165) is 44.2 Å². The van der Waals surface area contributed by atoms with Gasteiger partial charge in [-0.15, -0.1) is 35.3 Å². The van der Waals surface area contributed by atoms with Crippen LogP contribution in [-0.4, -0.2) is 48.7 Å². The number of thiophene rings is 1. The van der Waals surface area contributed by atoms with Crippen LogP contribution in [0.5, 0.6) is 5.75 Å². The monoisotopic (exact) mass is 472 g/mol. The van der Waals surface area contributed by atoms with Crippen LogP contribution in [0.1, 0.15) is 12.5 Å². The highest BCUT2D eigenvalue weighted by molar-refractivity contribution is 14.0. The number of hydrogen-bond donors (Lipinski definition) is 2. The molecule has 1 aromatic heterocycles. The molecule has 3 rings (SSSR count). The molecule has 0 atom stereocenters. The van der Waals surface area contributed by atoms with Crippen LogP contribution in [-0.2, 0) is 6.54 Å². The Morgan fingerprint density at radius 2 is 1.88 bits per heavy atom. The second-order valence-electron chi connectivity index (χ2n) is 5.76. The number of nitrogens with one attached hydrogen (secondary N) is 1. The Hall–Kier alpha value is -1.48. The van der Waals surface area contributed by atoms with Gasteiger partial charge in [-0.1, -0.05) is 12.1 Å². The fourth-order valence-electron chi connectivity index (χ4n) is 2.78. The molecule has 0 aliphatic carbocycles. The van der Waals surface area contributed by atoms with Gasteiger partial charge in [-0.05, 0) is 42.1 Å². The highest BCUT2D eigenvalue weighted by Gasteiger charge is 2.20. The lowest BCUT2D eigenvalue weighted by Gasteiger charge is -2.37. The average Bonchev–Trinajstić information content (AvgIpc) is 3.15. The van der Waals surface area contributed by atoms with E-state index in [1.165, 1.54) is 5.00 Å². The first-order chi connectivity index (χ1) is 11.8. The topological polar surface area (TPSA) is 51.1 Å². The van der Waals surface area contributed by atoms with Gasteiger partial charge in [0, 0.05) is 32.7 Å². The van der Waals surface area contributed by atoms with Gasteiger partial charge in [0.1, 0.15) is 5.75 Å². The molecule has 7 heteroatoms. The van der Waals surface area contributed by atoms with Gasteiger partial charge in [0.25, 0.3) is 0 Å². The maximum absolute atomic E-state index is 9.37. The normalized spacial score (nSPS) is 15.0. The summed E-state index contributed by atoms with van der Waals surface area (Å²) in [6.45, 7) is 7.55. The summed E-state index contributed by atoms with van der Waals surface area (Å²) in [4.78, 5) is 9.52. The van der Waals surface area contributed by atoms with E-state index in [1.807, 2.05) is 12.1 Å². The number of phenolic OH excluding ortho intramolecular Hbond substituents is 1. The number of aliphatic imine (C=N–C) groups is 1. The Bertz CT molecular complexity index is 652. The van der Waals surface area contributed by atoms with E-state index in [0.29, 0.717) is 12.3 Å². The molecule has 1 saturated heterocycles. The minimum atomic E-state index is 0. The molecule has 2 N–H and O–H groups in total. The average molecular weight is 472 g/mol. The molecule has 0 unspecified atom stereocenters. The number of rotatable bonds is 4. The molecule has 0 amide bonds. The Kier molecular flexibility index (Phi) is 7.83. The van der Waals surface area contributed by atoms with E-state index in [-0.39, 0.29) is 24.0 Å². The Morgan fingerprint density at radius 1 is 1.16 bits per heavy atom. The zero-order valence-electron chi connectivity index (χ0n) is 14.4. The van der Waals surface area contributed by atoms with Gasteiger partial charge in [-0.25, -0.2) is 4.99 Å². The van der Waals surface area contributed by atoms with E-state index in [9.17, 15) is 5.11 Å². The summed E-state index contributed by atoms with van der Waals surface area (Å²) < 4.78 is 0. The van der Waals surface area contributed by atoms with Crippen LogP contribution in [0.25, 0.3) is 0 Å². The third kappa shape index (κ3) is 5.50. The van der Waals surface area contributed by atoms with Crippen molar-refractivity contribution in [2.75, 3.05) is 37.6 Å². The van der Waals surface area contributed by atoms with Crippen LogP contribution >= 0.6 is 35.3 Å². The number of hydrogen-bond acceptors (Lipinski definition) is 4. The lowest BCUT2D eigenvalue weighted by atomic mass is 10.2. The number of phenols is 1. The number of anilines is 1. The van der Waals surface area contributed by atoms with Crippen molar-refractivity contribution in [3.05, 3.63) is 47.3 Å². The smallest absolute Gasteiger partial charge is 0.194 e. The fourth-order valence-corrected chi connectivity index (χ4v) is 3.57. The third-order valence-electron chi connectivity index (χ3n) is 4.08. The number of benzene rings is 1. The number of guanidine groups is 1. The van der Waals surface area contributed by atoms with Crippen molar-refractivity contribution >= 4 is 46.3 Å². The maximum Gasteiger partial charge on any atom is 0.194 e. The third-order valence-corrected chi connectivity index (χ3v) is 5.01. The molecule has 1 aromatic carbocycles. The molecule has 5 nitrogen and oxygen atoms in total.